The number of halogens is 2. The Kier molecular flexibility index (Phi) is 5.16. The quantitative estimate of drug-likeness (QED) is 0.595. The summed E-state index contributed by atoms with van der Waals surface area (Å²) >= 11 is 0. The lowest BCUT2D eigenvalue weighted by molar-refractivity contribution is -0.123. The van der Waals surface area contributed by atoms with Crippen LogP contribution in [0.5, 0.6) is 0 Å². The average Bonchev–Trinajstić information content (AvgIpc) is 3.00. The fourth-order valence-corrected chi connectivity index (χ4v) is 2.66. The number of aromatic nitrogens is 4. The van der Waals surface area contributed by atoms with Crippen LogP contribution in [0.25, 0.3) is 5.78 Å². The second-order valence-electron chi connectivity index (χ2n) is 6.07. The molecular formula is C17H17F2N7O2. The third-order valence-corrected chi connectivity index (χ3v) is 4.05. The molecule has 0 radical (unpaired) electrons. The molecule has 2 heterocycles. The lowest BCUT2D eigenvalue weighted by Crippen LogP contribution is -2.34. The molecule has 0 saturated carbocycles. The van der Waals surface area contributed by atoms with Crippen LogP contribution in [-0.4, -0.2) is 37.9 Å². The number of anilines is 2. The molecule has 0 bridgehead atoms. The normalized spacial score (nSPS) is 10.9. The van der Waals surface area contributed by atoms with Gasteiger partial charge in [-0.15, -0.1) is 5.10 Å². The molecule has 11 heteroatoms. The average molecular weight is 389 g/mol. The van der Waals surface area contributed by atoms with Gasteiger partial charge < -0.3 is 16.4 Å². The van der Waals surface area contributed by atoms with E-state index in [0.29, 0.717) is 22.7 Å². The van der Waals surface area contributed by atoms with Crippen LogP contribution < -0.4 is 16.4 Å². The highest BCUT2D eigenvalue weighted by Gasteiger charge is 2.16. The number of amides is 2. The SMILES string of the molecule is Cc1nc2nc(N)nn2c(C)c1CC(=O)NCC(=O)Nc1ccc(F)c(F)c1. The maximum atomic E-state index is 13.2. The van der Waals surface area contributed by atoms with Crippen LogP contribution in [-0.2, 0) is 16.0 Å². The molecule has 0 unspecified atom stereocenters. The Bertz CT molecular complexity index is 1080. The standard InChI is InChI=1S/C17H17F2N7O2/c1-8-11(9(2)26-17(22-8)24-16(20)25-26)6-14(27)21-7-15(28)23-10-3-4-12(18)13(19)5-10/h3-5H,6-7H2,1-2H3,(H2,20,25)(H,21,27)(H,23,28). The van der Waals surface area contributed by atoms with E-state index in [1.54, 1.807) is 13.8 Å². The maximum Gasteiger partial charge on any atom is 0.254 e. The topological polar surface area (TPSA) is 127 Å². The van der Waals surface area contributed by atoms with Crippen LogP contribution >= 0.6 is 0 Å². The van der Waals surface area contributed by atoms with Gasteiger partial charge in [0.15, 0.2) is 11.6 Å². The molecule has 3 aromatic rings. The van der Waals surface area contributed by atoms with E-state index in [1.165, 1.54) is 10.6 Å². The zero-order valence-corrected chi connectivity index (χ0v) is 15.1. The number of rotatable bonds is 5. The number of hydrogen-bond acceptors (Lipinski definition) is 6. The lowest BCUT2D eigenvalue weighted by atomic mass is 10.1. The molecule has 1 aromatic carbocycles. The van der Waals surface area contributed by atoms with E-state index in [9.17, 15) is 18.4 Å². The van der Waals surface area contributed by atoms with E-state index in [2.05, 4.69) is 25.7 Å². The van der Waals surface area contributed by atoms with Gasteiger partial charge >= 0.3 is 0 Å². The first-order chi connectivity index (χ1) is 13.2. The number of benzene rings is 1. The molecule has 9 nitrogen and oxygen atoms in total. The highest BCUT2D eigenvalue weighted by atomic mass is 19.2. The van der Waals surface area contributed by atoms with Crippen molar-refractivity contribution in [3.8, 4) is 0 Å². The number of fused-ring (bicyclic) bond motifs is 1. The van der Waals surface area contributed by atoms with Crippen molar-refractivity contribution in [2.75, 3.05) is 17.6 Å². The number of nitrogen functional groups attached to an aromatic ring is 1. The number of aryl methyl sites for hydroxylation is 2. The predicted molar refractivity (Wildman–Crippen MR) is 96.4 cm³/mol. The fourth-order valence-electron chi connectivity index (χ4n) is 2.66. The van der Waals surface area contributed by atoms with Crippen LogP contribution in [0.2, 0.25) is 0 Å². The smallest absolute Gasteiger partial charge is 0.254 e. The Balaban J connectivity index is 1.62. The number of carbonyl (C=O) groups is 2. The Morgan fingerprint density at radius 1 is 1.14 bits per heavy atom. The van der Waals surface area contributed by atoms with Crippen LogP contribution in [0.15, 0.2) is 18.2 Å². The van der Waals surface area contributed by atoms with Crippen LogP contribution in [0.3, 0.4) is 0 Å². The van der Waals surface area contributed by atoms with Crippen molar-refractivity contribution >= 4 is 29.2 Å². The highest BCUT2D eigenvalue weighted by molar-refractivity contribution is 5.94. The monoisotopic (exact) mass is 389 g/mol. The summed E-state index contributed by atoms with van der Waals surface area (Å²) in [5.74, 6) is -2.68. The molecule has 3 rings (SSSR count). The Hall–Kier alpha value is -3.63. The Morgan fingerprint density at radius 2 is 1.89 bits per heavy atom. The van der Waals surface area contributed by atoms with Crippen molar-refractivity contribution in [2.45, 2.75) is 20.3 Å². The molecule has 0 aliphatic heterocycles. The van der Waals surface area contributed by atoms with Gasteiger partial charge in [-0.3, -0.25) is 9.59 Å². The molecule has 2 amide bonds. The summed E-state index contributed by atoms with van der Waals surface area (Å²) in [7, 11) is 0. The molecule has 2 aromatic heterocycles. The first kappa shape index (κ1) is 19.1. The van der Waals surface area contributed by atoms with Crippen molar-refractivity contribution in [3.63, 3.8) is 0 Å². The minimum absolute atomic E-state index is 0.0289. The highest BCUT2D eigenvalue weighted by Crippen LogP contribution is 2.15. The molecular weight excluding hydrogens is 372 g/mol. The van der Waals surface area contributed by atoms with Gasteiger partial charge in [0.1, 0.15) is 0 Å². The van der Waals surface area contributed by atoms with Crippen LogP contribution in [0.4, 0.5) is 20.4 Å². The van der Waals surface area contributed by atoms with Gasteiger partial charge in [0.25, 0.3) is 5.78 Å². The second-order valence-corrected chi connectivity index (χ2v) is 6.07. The second kappa shape index (κ2) is 7.55. The van der Waals surface area contributed by atoms with E-state index in [0.717, 1.165) is 12.1 Å². The molecule has 0 fully saturated rings. The number of nitrogens with one attached hydrogen (secondary N) is 2. The first-order valence-corrected chi connectivity index (χ1v) is 8.24. The van der Waals surface area contributed by atoms with Gasteiger partial charge in [-0.25, -0.2) is 13.8 Å². The van der Waals surface area contributed by atoms with Crippen molar-refractivity contribution in [1.29, 1.82) is 0 Å². The Labute approximate surface area is 158 Å². The van der Waals surface area contributed by atoms with Crippen LogP contribution in [0.1, 0.15) is 17.0 Å². The summed E-state index contributed by atoms with van der Waals surface area (Å²) in [6.07, 6.45) is -0.0289. The Morgan fingerprint density at radius 3 is 2.61 bits per heavy atom. The molecule has 28 heavy (non-hydrogen) atoms. The van der Waals surface area contributed by atoms with Crippen molar-refractivity contribution in [1.82, 2.24) is 24.9 Å². The van der Waals surface area contributed by atoms with E-state index in [-0.39, 0.29) is 24.6 Å². The number of nitrogens with two attached hydrogens (primary N) is 1. The zero-order chi connectivity index (χ0) is 20.4. The van der Waals surface area contributed by atoms with E-state index >= 15 is 0 Å². The molecule has 0 spiro atoms. The minimum Gasteiger partial charge on any atom is -0.366 e. The molecule has 0 aliphatic carbocycles. The third kappa shape index (κ3) is 4.03. The summed E-state index contributed by atoms with van der Waals surface area (Å²) < 4.78 is 27.5. The summed E-state index contributed by atoms with van der Waals surface area (Å²) in [6, 6.07) is 2.97. The first-order valence-electron chi connectivity index (χ1n) is 8.24. The molecule has 0 saturated heterocycles. The number of hydrogen-bond donors (Lipinski definition) is 3. The summed E-state index contributed by atoms with van der Waals surface area (Å²) in [5.41, 5.74) is 7.55. The molecule has 146 valence electrons. The van der Waals surface area contributed by atoms with Gasteiger partial charge in [0.2, 0.25) is 17.8 Å². The van der Waals surface area contributed by atoms with Crippen molar-refractivity contribution < 1.29 is 18.4 Å². The molecule has 4 N–H and O–H groups in total. The van der Waals surface area contributed by atoms with Gasteiger partial charge in [-0.1, -0.05) is 0 Å². The zero-order valence-electron chi connectivity index (χ0n) is 15.1. The van der Waals surface area contributed by atoms with Gasteiger partial charge in [-0.2, -0.15) is 9.50 Å². The van der Waals surface area contributed by atoms with Gasteiger partial charge in [-0.05, 0) is 26.0 Å². The van der Waals surface area contributed by atoms with Crippen LogP contribution in [0, 0.1) is 25.5 Å². The van der Waals surface area contributed by atoms with E-state index < -0.39 is 23.4 Å². The predicted octanol–water partition coefficient (Wildman–Crippen LogP) is 0.899. The molecule has 0 atom stereocenters. The third-order valence-electron chi connectivity index (χ3n) is 4.05. The molecule has 0 aliphatic rings. The lowest BCUT2D eigenvalue weighted by Gasteiger charge is -2.11. The minimum atomic E-state index is -1.08. The van der Waals surface area contributed by atoms with Crippen molar-refractivity contribution in [3.05, 3.63) is 46.8 Å². The van der Waals surface area contributed by atoms with E-state index in [1.807, 2.05) is 0 Å². The summed E-state index contributed by atoms with van der Waals surface area (Å²) in [5, 5.41) is 8.86. The summed E-state index contributed by atoms with van der Waals surface area (Å²) in [6.45, 7) is 3.16. The summed E-state index contributed by atoms with van der Waals surface area (Å²) in [4.78, 5) is 32.3. The largest absolute Gasteiger partial charge is 0.366 e. The number of carbonyl (C=O) groups excluding carboxylic acids is 2. The fraction of sp³-hybridized carbons (Fsp3) is 0.235. The van der Waals surface area contributed by atoms with Crippen molar-refractivity contribution in [2.24, 2.45) is 0 Å². The number of nitrogens with zero attached hydrogens (tertiary/aromatic N) is 4. The van der Waals surface area contributed by atoms with Gasteiger partial charge in [0, 0.05) is 28.7 Å². The maximum absolute atomic E-state index is 13.2. The van der Waals surface area contributed by atoms with Gasteiger partial charge in [0.05, 0.1) is 13.0 Å². The van der Waals surface area contributed by atoms with E-state index in [4.69, 9.17) is 5.73 Å².